The molecule has 19 heavy (non-hydrogen) atoms. The Morgan fingerprint density at radius 1 is 1.26 bits per heavy atom. The highest BCUT2D eigenvalue weighted by molar-refractivity contribution is 5.55. The summed E-state index contributed by atoms with van der Waals surface area (Å²) in [6.45, 7) is 10.4. The minimum absolute atomic E-state index is 0.534. The summed E-state index contributed by atoms with van der Waals surface area (Å²) in [5.41, 5.74) is 6.93. The van der Waals surface area contributed by atoms with Gasteiger partial charge < -0.3 is 16.0 Å². The van der Waals surface area contributed by atoms with Gasteiger partial charge in [-0.25, -0.2) is 9.97 Å². The van der Waals surface area contributed by atoms with Gasteiger partial charge in [-0.2, -0.15) is 0 Å². The summed E-state index contributed by atoms with van der Waals surface area (Å²) in [5.74, 6) is 2.96. The Balaban J connectivity index is 1.98. The van der Waals surface area contributed by atoms with Crippen LogP contribution in [0.25, 0.3) is 0 Å². The summed E-state index contributed by atoms with van der Waals surface area (Å²) in [4.78, 5) is 11.4. The minimum Gasteiger partial charge on any atom is -0.383 e. The van der Waals surface area contributed by atoms with Gasteiger partial charge in [0.25, 0.3) is 0 Å². The molecule has 5 nitrogen and oxygen atoms in total. The standard InChI is InChI=1S/C14H25N5/c1-4-19(5-2)9-8-16-13-10(3)12(15)17-14(18-13)11-6-7-11/h11H,4-9H2,1-3H3,(H3,15,16,17,18). The number of anilines is 2. The zero-order valence-corrected chi connectivity index (χ0v) is 12.2. The molecule has 0 saturated heterocycles. The molecule has 0 aliphatic heterocycles. The Morgan fingerprint density at radius 3 is 2.53 bits per heavy atom. The van der Waals surface area contributed by atoms with E-state index in [9.17, 15) is 0 Å². The van der Waals surface area contributed by atoms with Crippen LogP contribution in [-0.2, 0) is 0 Å². The van der Waals surface area contributed by atoms with Gasteiger partial charge in [0.05, 0.1) is 0 Å². The molecule has 1 aromatic heterocycles. The first-order valence-electron chi connectivity index (χ1n) is 7.25. The van der Waals surface area contributed by atoms with E-state index in [4.69, 9.17) is 5.73 Å². The second kappa shape index (κ2) is 6.19. The molecular formula is C14H25N5. The van der Waals surface area contributed by atoms with E-state index >= 15 is 0 Å². The quantitative estimate of drug-likeness (QED) is 0.787. The lowest BCUT2D eigenvalue weighted by molar-refractivity contribution is 0.316. The third-order valence-electron chi connectivity index (χ3n) is 3.76. The summed E-state index contributed by atoms with van der Waals surface area (Å²) in [6, 6.07) is 0. The summed E-state index contributed by atoms with van der Waals surface area (Å²) in [5, 5.41) is 3.40. The lowest BCUT2D eigenvalue weighted by atomic mass is 10.3. The van der Waals surface area contributed by atoms with Crippen molar-refractivity contribution in [2.45, 2.75) is 39.5 Å². The molecule has 0 amide bonds. The first kappa shape index (κ1) is 14.1. The molecule has 5 heteroatoms. The fourth-order valence-corrected chi connectivity index (χ4v) is 2.12. The van der Waals surface area contributed by atoms with Crippen molar-refractivity contribution < 1.29 is 0 Å². The summed E-state index contributed by atoms with van der Waals surface area (Å²) in [7, 11) is 0. The monoisotopic (exact) mass is 263 g/mol. The molecule has 0 bridgehead atoms. The number of nitrogens with one attached hydrogen (secondary N) is 1. The van der Waals surface area contributed by atoms with Crippen LogP contribution in [0.3, 0.4) is 0 Å². The molecule has 1 aliphatic rings. The molecule has 106 valence electrons. The van der Waals surface area contributed by atoms with Gasteiger partial charge in [-0.1, -0.05) is 13.8 Å². The first-order chi connectivity index (χ1) is 9.15. The van der Waals surface area contributed by atoms with Gasteiger partial charge in [-0.05, 0) is 32.9 Å². The van der Waals surface area contributed by atoms with Gasteiger partial charge in [0, 0.05) is 24.6 Å². The second-order valence-corrected chi connectivity index (χ2v) is 5.17. The number of rotatable bonds is 7. The zero-order chi connectivity index (χ0) is 13.8. The lowest BCUT2D eigenvalue weighted by Crippen LogP contribution is -2.29. The molecule has 1 saturated carbocycles. The van der Waals surface area contributed by atoms with Crippen LogP contribution in [0, 0.1) is 6.92 Å². The highest BCUT2D eigenvalue weighted by atomic mass is 15.1. The fraction of sp³-hybridized carbons (Fsp3) is 0.714. The largest absolute Gasteiger partial charge is 0.383 e. The SMILES string of the molecule is CCN(CC)CCNc1nc(C2CC2)nc(N)c1C. The van der Waals surface area contributed by atoms with Crippen LogP contribution in [0.1, 0.15) is 44.0 Å². The summed E-state index contributed by atoms with van der Waals surface area (Å²) < 4.78 is 0. The molecule has 3 N–H and O–H groups in total. The van der Waals surface area contributed by atoms with Crippen molar-refractivity contribution in [1.82, 2.24) is 14.9 Å². The van der Waals surface area contributed by atoms with Crippen LogP contribution in [0.15, 0.2) is 0 Å². The van der Waals surface area contributed by atoms with Crippen molar-refractivity contribution >= 4 is 11.6 Å². The highest BCUT2D eigenvalue weighted by Crippen LogP contribution is 2.39. The number of nitrogens with zero attached hydrogens (tertiary/aromatic N) is 3. The van der Waals surface area contributed by atoms with Crippen molar-refractivity contribution in [2.24, 2.45) is 0 Å². The predicted molar refractivity (Wildman–Crippen MR) is 79.4 cm³/mol. The van der Waals surface area contributed by atoms with E-state index in [1.54, 1.807) is 0 Å². The van der Waals surface area contributed by atoms with Crippen molar-refractivity contribution in [3.8, 4) is 0 Å². The Morgan fingerprint density at radius 2 is 1.95 bits per heavy atom. The van der Waals surface area contributed by atoms with E-state index < -0.39 is 0 Å². The molecule has 0 spiro atoms. The Bertz CT molecular complexity index is 424. The molecule has 1 fully saturated rings. The van der Waals surface area contributed by atoms with Gasteiger partial charge >= 0.3 is 0 Å². The van der Waals surface area contributed by atoms with Gasteiger partial charge in [0.2, 0.25) is 0 Å². The van der Waals surface area contributed by atoms with Gasteiger partial charge in [0.15, 0.2) is 0 Å². The van der Waals surface area contributed by atoms with Crippen LogP contribution in [0.2, 0.25) is 0 Å². The summed E-state index contributed by atoms with van der Waals surface area (Å²) >= 11 is 0. The Kier molecular flexibility index (Phi) is 4.58. The number of likely N-dealkylation sites (N-methyl/N-ethyl adjacent to an activating group) is 1. The van der Waals surface area contributed by atoms with Crippen LogP contribution >= 0.6 is 0 Å². The third-order valence-corrected chi connectivity index (χ3v) is 3.76. The zero-order valence-electron chi connectivity index (χ0n) is 12.2. The summed E-state index contributed by atoms with van der Waals surface area (Å²) in [6.07, 6.45) is 2.39. The molecule has 1 heterocycles. The number of hydrogen-bond donors (Lipinski definition) is 2. The Hall–Kier alpha value is -1.36. The van der Waals surface area contributed by atoms with Crippen LogP contribution in [0.4, 0.5) is 11.6 Å². The number of nitrogens with two attached hydrogens (primary N) is 1. The van der Waals surface area contributed by atoms with Crippen molar-refractivity contribution in [1.29, 1.82) is 0 Å². The maximum Gasteiger partial charge on any atom is 0.136 e. The number of nitrogen functional groups attached to an aromatic ring is 1. The van der Waals surface area contributed by atoms with Crippen molar-refractivity contribution in [3.63, 3.8) is 0 Å². The fourth-order valence-electron chi connectivity index (χ4n) is 2.12. The van der Waals surface area contributed by atoms with E-state index in [0.29, 0.717) is 11.7 Å². The number of aromatic nitrogens is 2. The van der Waals surface area contributed by atoms with E-state index in [2.05, 4.69) is 34.0 Å². The molecule has 0 atom stereocenters. The molecule has 1 aromatic rings. The van der Waals surface area contributed by atoms with Gasteiger partial charge in [0.1, 0.15) is 17.5 Å². The maximum absolute atomic E-state index is 5.97. The first-order valence-corrected chi connectivity index (χ1v) is 7.25. The van der Waals surface area contributed by atoms with E-state index in [1.165, 1.54) is 12.8 Å². The molecule has 1 aliphatic carbocycles. The third kappa shape index (κ3) is 3.56. The van der Waals surface area contributed by atoms with Crippen LogP contribution in [-0.4, -0.2) is 41.0 Å². The molecule has 0 unspecified atom stereocenters. The Labute approximate surface area is 115 Å². The molecule has 2 rings (SSSR count). The molecule has 0 radical (unpaired) electrons. The van der Waals surface area contributed by atoms with E-state index in [1.807, 2.05) is 6.92 Å². The average Bonchev–Trinajstić information content (AvgIpc) is 3.23. The second-order valence-electron chi connectivity index (χ2n) is 5.17. The van der Waals surface area contributed by atoms with E-state index in [0.717, 1.165) is 43.4 Å². The average molecular weight is 263 g/mol. The highest BCUT2D eigenvalue weighted by Gasteiger charge is 2.27. The van der Waals surface area contributed by atoms with Crippen LogP contribution in [0.5, 0.6) is 0 Å². The van der Waals surface area contributed by atoms with Crippen LogP contribution < -0.4 is 11.1 Å². The van der Waals surface area contributed by atoms with Gasteiger partial charge in [-0.3, -0.25) is 0 Å². The number of hydrogen-bond acceptors (Lipinski definition) is 5. The normalized spacial score (nSPS) is 14.9. The topological polar surface area (TPSA) is 67.1 Å². The van der Waals surface area contributed by atoms with Crippen molar-refractivity contribution in [3.05, 3.63) is 11.4 Å². The van der Waals surface area contributed by atoms with Crippen molar-refractivity contribution in [2.75, 3.05) is 37.2 Å². The lowest BCUT2D eigenvalue weighted by Gasteiger charge is -2.19. The maximum atomic E-state index is 5.97. The smallest absolute Gasteiger partial charge is 0.136 e. The minimum atomic E-state index is 0.534. The molecule has 0 aromatic carbocycles. The predicted octanol–water partition coefficient (Wildman–Crippen LogP) is 2.00. The molecular weight excluding hydrogens is 238 g/mol. The van der Waals surface area contributed by atoms with Gasteiger partial charge in [-0.15, -0.1) is 0 Å². The van der Waals surface area contributed by atoms with E-state index in [-0.39, 0.29) is 0 Å².